The Balaban J connectivity index is 1.58. The minimum Gasteiger partial charge on any atom is -0.338 e. The van der Waals surface area contributed by atoms with Crippen molar-refractivity contribution in [1.29, 1.82) is 0 Å². The van der Waals surface area contributed by atoms with E-state index in [1.807, 2.05) is 48.5 Å². The molecule has 0 aliphatic carbocycles. The van der Waals surface area contributed by atoms with Crippen LogP contribution >= 0.6 is 0 Å². The number of anilines is 1. The molecule has 0 spiro atoms. The number of H-pyrrole nitrogens is 1. The molecule has 0 bridgehead atoms. The van der Waals surface area contributed by atoms with Crippen molar-refractivity contribution in [3.8, 4) is 0 Å². The van der Waals surface area contributed by atoms with Gasteiger partial charge in [0.05, 0.1) is 11.6 Å². The molecule has 0 saturated carbocycles. The van der Waals surface area contributed by atoms with E-state index in [9.17, 15) is 4.79 Å². The van der Waals surface area contributed by atoms with E-state index in [4.69, 9.17) is 0 Å². The van der Waals surface area contributed by atoms with E-state index in [0.717, 1.165) is 38.9 Å². The summed E-state index contributed by atoms with van der Waals surface area (Å²) in [6, 6.07) is 17.9. The van der Waals surface area contributed by atoms with Gasteiger partial charge in [-0.1, -0.05) is 36.4 Å². The molecule has 0 fully saturated rings. The lowest BCUT2D eigenvalue weighted by atomic mass is 9.95. The zero-order chi connectivity index (χ0) is 16.1. The summed E-state index contributed by atoms with van der Waals surface area (Å²) in [6.07, 6.45) is 0.547. The van der Waals surface area contributed by atoms with E-state index >= 15 is 0 Å². The number of para-hydroxylation sites is 2. The molecule has 0 saturated heterocycles. The molecule has 2 aromatic heterocycles. The first-order valence-corrected chi connectivity index (χ1v) is 7.92. The van der Waals surface area contributed by atoms with Gasteiger partial charge in [0.1, 0.15) is 0 Å². The topological polar surface area (TPSA) is 70.7 Å². The lowest BCUT2D eigenvalue weighted by Gasteiger charge is -2.07. The third-order valence-corrected chi connectivity index (χ3v) is 4.64. The lowest BCUT2D eigenvalue weighted by molar-refractivity contribution is -0.117. The fraction of sp³-hybridized carbons (Fsp3) is 0.105. The Labute approximate surface area is 137 Å². The van der Waals surface area contributed by atoms with Gasteiger partial charge in [0, 0.05) is 28.4 Å². The maximum absolute atomic E-state index is 12.3. The monoisotopic (exact) mass is 314 g/mol. The maximum Gasteiger partial charge on any atom is 0.232 e. The van der Waals surface area contributed by atoms with E-state index < -0.39 is 0 Å². The van der Waals surface area contributed by atoms with Crippen molar-refractivity contribution in [2.24, 2.45) is 0 Å². The van der Waals surface area contributed by atoms with Crippen molar-refractivity contribution >= 4 is 33.5 Å². The third-order valence-electron chi connectivity index (χ3n) is 4.64. The van der Waals surface area contributed by atoms with Crippen molar-refractivity contribution < 1.29 is 4.79 Å². The summed E-state index contributed by atoms with van der Waals surface area (Å²) < 4.78 is 0. The van der Waals surface area contributed by atoms with Gasteiger partial charge in [-0.2, -0.15) is 5.10 Å². The number of fused-ring (bicyclic) bond motifs is 4. The molecule has 3 heterocycles. The summed E-state index contributed by atoms with van der Waals surface area (Å²) in [5, 5.41) is 13.7. The van der Waals surface area contributed by atoms with Gasteiger partial charge in [-0.15, -0.1) is 5.10 Å². The molecule has 2 N–H and O–H groups in total. The summed E-state index contributed by atoms with van der Waals surface area (Å²) in [6.45, 7) is 0. The van der Waals surface area contributed by atoms with E-state index in [1.165, 1.54) is 0 Å². The van der Waals surface area contributed by atoms with Gasteiger partial charge in [0.25, 0.3) is 0 Å². The molecule has 1 aliphatic heterocycles. The zero-order valence-electron chi connectivity index (χ0n) is 12.8. The molecule has 5 heteroatoms. The minimum atomic E-state index is -0.210. The molecule has 5 rings (SSSR count). The maximum atomic E-state index is 12.3. The molecule has 1 aliphatic rings. The zero-order valence-corrected chi connectivity index (χ0v) is 12.8. The van der Waals surface area contributed by atoms with Crippen LogP contribution in [0.25, 0.3) is 21.9 Å². The number of hydrogen-bond donors (Lipinski definition) is 2. The molecular weight excluding hydrogens is 300 g/mol. The van der Waals surface area contributed by atoms with E-state index in [1.54, 1.807) is 0 Å². The third kappa shape index (κ3) is 1.91. The van der Waals surface area contributed by atoms with Crippen LogP contribution in [0.15, 0.2) is 54.6 Å². The number of nitrogens with one attached hydrogen (secondary N) is 2. The van der Waals surface area contributed by atoms with Crippen LogP contribution in [-0.4, -0.2) is 21.1 Å². The highest BCUT2D eigenvalue weighted by Crippen LogP contribution is 2.34. The van der Waals surface area contributed by atoms with Gasteiger partial charge in [-0.3, -0.25) is 4.79 Å². The van der Waals surface area contributed by atoms with Gasteiger partial charge in [0.15, 0.2) is 5.65 Å². The number of hydrogen-bond acceptors (Lipinski definition) is 3. The molecule has 1 atom stereocenters. The molecule has 2 aromatic carbocycles. The van der Waals surface area contributed by atoms with Crippen LogP contribution in [0.5, 0.6) is 0 Å². The first-order valence-electron chi connectivity index (χ1n) is 7.92. The molecule has 5 nitrogen and oxygen atoms in total. The first-order chi connectivity index (χ1) is 11.8. The molecular formula is C19H14N4O. The molecule has 24 heavy (non-hydrogen) atoms. The van der Waals surface area contributed by atoms with Gasteiger partial charge >= 0.3 is 0 Å². The first kappa shape index (κ1) is 13.2. The fourth-order valence-electron chi connectivity index (χ4n) is 3.47. The second-order valence-corrected chi connectivity index (χ2v) is 6.10. The summed E-state index contributed by atoms with van der Waals surface area (Å²) in [5.74, 6) is -0.185. The van der Waals surface area contributed by atoms with E-state index in [0.29, 0.717) is 6.42 Å². The number of benzene rings is 2. The van der Waals surface area contributed by atoms with Crippen LogP contribution in [0, 0.1) is 0 Å². The highest BCUT2D eigenvalue weighted by molar-refractivity contribution is 6.06. The number of aromatic nitrogens is 3. The molecule has 1 unspecified atom stereocenters. The Kier molecular flexibility index (Phi) is 2.70. The normalized spacial score (nSPS) is 16.5. The van der Waals surface area contributed by atoms with Gasteiger partial charge < -0.3 is 10.3 Å². The molecule has 1 amide bonds. The Morgan fingerprint density at radius 1 is 0.958 bits per heavy atom. The van der Waals surface area contributed by atoms with Gasteiger partial charge in [0.2, 0.25) is 5.91 Å². The number of amides is 1. The number of aromatic amines is 1. The number of nitrogens with zero attached hydrogens (tertiary/aromatic N) is 2. The average Bonchev–Trinajstić information content (AvgIpc) is 3.13. The standard InChI is InChI=1S/C19H14N4O/c24-19-15(13-6-2-4-8-17(13)21-19)10-11-9-14-12-5-1-3-7-16(12)20-18(14)23-22-11/h1-9,15H,10H2,(H,20,23)(H,21,24). The van der Waals surface area contributed by atoms with Crippen molar-refractivity contribution in [2.45, 2.75) is 12.3 Å². The highest BCUT2D eigenvalue weighted by Gasteiger charge is 2.30. The second-order valence-electron chi connectivity index (χ2n) is 6.10. The van der Waals surface area contributed by atoms with Crippen molar-refractivity contribution in [3.63, 3.8) is 0 Å². The molecule has 0 radical (unpaired) electrons. The highest BCUT2D eigenvalue weighted by atomic mass is 16.2. The Hall–Kier alpha value is -3.21. The van der Waals surface area contributed by atoms with Crippen LogP contribution in [0.2, 0.25) is 0 Å². The van der Waals surface area contributed by atoms with Crippen LogP contribution in [0.1, 0.15) is 17.2 Å². The van der Waals surface area contributed by atoms with Crippen LogP contribution in [-0.2, 0) is 11.2 Å². The second kappa shape index (κ2) is 4.89. The van der Waals surface area contributed by atoms with Gasteiger partial charge in [-0.05, 0) is 23.8 Å². The fourth-order valence-corrected chi connectivity index (χ4v) is 3.47. The Morgan fingerprint density at radius 2 is 1.79 bits per heavy atom. The summed E-state index contributed by atoms with van der Waals surface area (Å²) >= 11 is 0. The Morgan fingerprint density at radius 3 is 2.75 bits per heavy atom. The predicted molar refractivity (Wildman–Crippen MR) is 92.9 cm³/mol. The average molecular weight is 314 g/mol. The van der Waals surface area contributed by atoms with Gasteiger partial charge in [-0.25, -0.2) is 0 Å². The SMILES string of the molecule is O=C1Nc2ccccc2C1Cc1cc2c(nn1)[nH]c1ccccc12. The summed E-state index contributed by atoms with van der Waals surface area (Å²) in [4.78, 5) is 15.6. The van der Waals surface area contributed by atoms with Crippen LogP contribution in [0.4, 0.5) is 5.69 Å². The number of carbonyl (C=O) groups excluding carboxylic acids is 1. The van der Waals surface area contributed by atoms with Crippen LogP contribution < -0.4 is 5.32 Å². The Bertz CT molecular complexity index is 1100. The lowest BCUT2D eigenvalue weighted by Crippen LogP contribution is -2.15. The van der Waals surface area contributed by atoms with Crippen molar-refractivity contribution in [1.82, 2.24) is 15.2 Å². The van der Waals surface area contributed by atoms with E-state index in [-0.39, 0.29) is 11.8 Å². The predicted octanol–water partition coefficient (Wildman–Crippen LogP) is 3.39. The quantitative estimate of drug-likeness (QED) is 0.596. The van der Waals surface area contributed by atoms with Crippen molar-refractivity contribution in [3.05, 3.63) is 65.9 Å². The summed E-state index contributed by atoms with van der Waals surface area (Å²) in [5.41, 5.74) is 4.57. The molecule has 116 valence electrons. The molecule has 4 aromatic rings. The summed E-state index contributed by atoms with van der Waals surface area (Å²) in [7, 11) is 0. The largest absolute Gasteiger partial charge is 0.338 e. The number of rotatable bonds is 2. The van der Waals surface area contributed by atoms with Crippen molar-refractivity contribution in [2.75, 3.05) is 5.32 Å². The van der Waals surface area contributed by atoms with E-state index in [2.05, 4.69) is 26.6 Å². The smallest absolute Gasteiger partial charge is 0.232 e. The minimum absolute atomic E-state index is 0.0250. The number of carbonyl (C=O) groups is 1. The van der Waals surface area contributed by atoms with Crippen LogP contribution in [0.3, 0.4) is 0 Å².